The molecule has 2 aliphatic rings. The van der Waals surface area contributed by atoms with Crippen molar-refractivity contribution in [1.82, 2.24) is 15.0 Å². The first-order valence-corrected chi connectivity index (χ1v) is 9.80. The number of amides is 2. The molecule has 7 heteroatoms. The molecule has 1 N–H and O–H groups in total. The number of urea groups is 1. The smallest absolute Gasteiger partial charge is 0.327 e. The van der Waals surface area contributed by atoms with Crippen LogP contribution in [0, 0.1) is 13.8 Å². The third-order valence-corrected chi connectivity index (χ3v) is 5.51. The largest absolute Gasteiger partial charge is 0.366 e. The lowest BCUT2D eigenvalue weighted by Crippen LogP contribution is -2.48. The lowest BCUT2D eigenvalue weighted by molar-refractivity contribution is 0.255. The molecule has 5 heterocycles. The molecular weight excluding hydrogens is 364 g/mol. The maximum atomic E-state index is 13.3. The number of carbonyl (C=O) groups excluding carboxylic acids is 1. The molecule has 0 aromatic carbocycles. The van der Waals surface area contributed by atoms with E-state index in [2.05, 4.69) is 26.3 Å². The van der Waals surface area contributed by atoms with E-state index < -0.39 is 0 Å². The average molecular weight is 386 g/mol. The standard InChI is InChI=1S/C22H22N6O/c1-14-11-16(5-8-23-14)19-3-4-20-21(26-19)28(18-7-10-27(20)13-18)22(29)25-17-6-9-24-15(2)12-17/h3-6,8-9,11-12,18H,7,10,13H2,1-2H3,(H,24,25,29)/t18-/m0/s1. The molecule has 1 atom stereocenters. The maximum Gasteiger partial charge on any atom is 0.327 e. The molecule has 0 aliphatic carbocycles. The lowest BCUT2D eigenvalue weighted by atomic mass is 10.1. The Morgan fingerprint density at radius 1 is 1.07 bits per heavy atom. The van der Waals surface area contributed by atoms with Crippen LogP contribution in [0.2, 0.25) is 0 Å². The van der Waals surface area contributed by atoms with Crippen LogP contribution in [-0.4, -0.2) is 40.1 Å². The highest BCUT2D eigenvalue weighted by Crippen LogP contribution is 2.40. The van der Waals surface area contributed by atoms with Gasteiger partial charge in [0, 0.05) is 48.1 Å². The van der Waals surface area contributed by atoms with Gasteiger partial charge in [-0.25, -0.2) is 9.78 Å². The molecule has 1 fully saturated rings. The Balaban J connectivity index is 1.53. The van der Waals surface area contributed by atoms with E-state index in [4.69, 9.17) is 4.98 Å². The molecule has 3 aromatic heterocycles. The van der Waals surface area contributed by atoms with Crippen molar-refractivity contribution in [1.29, 1.82) is 0 Å². The van der Waals surface area contributed by atoms with E-state index in [1.165, 1.54) is 0 Å². The average Bonchev–Trinajstić information content (AvgIpc) is 3.12. The number of nitrogens with zero attached hydrogens (tertiary/aromatic N) is 5. The number of anilines is 3. The first kappa shape index (κ1) is 17.6. The van der Waals surface area contributed by atoms with Crippen molar-refractivity contribution in [3.63, 3.8) is 0 Å². The van der Waals surface area contributed by atoms with Crippen molar-refractivity contribution in [2.24, 2.45) is 0 Å². The first-order chi connectivity index (χ1) is 14.1. The quantitative estimate of drug-likeness (QED) is 0.725. The predicted octanol–water partition coefficient (Wildman–Crippen LogP) is 3.79. The van der Waals surface area contributed by atoms with Crippen LogP contribution in [0.25, 0.3) is 11.3 Å². The summed E-state index contributed by atoms with van der Waals surface area (Å²) in [6.45, 7) is 5.64. The Labute approximate surface area is 169 Å². The SMILES string of the molecule is Cc1cc(NC(=O)N2c3nc(-c4ccnc(C)c4)ccc3N3CC[C@H]2C3)ccn1. The van der Waals surface area contributed by atoms with Gasteiger partial charge in [-0.15, -0.1) is 0 Å². The molecule has 1 saturated heterocycles. The number of hydrogen-bond acceptors (Lipinski definition) is 5. The number of pyridine rings is 3. The minimum absolute atomic E-state index is 0.118. The van der Waals surface area contributed by atoms with Gasteiger partial charge in [-0.2, -0.15) is 0 Å². The van der Waals surface area contributed by atoms with Crippen LogP contribution >= 0.6 is 0 Å². The molecule has 0 radical (unpaired) electrons. The van der Waals surface area contributed by atoms with Gasteiger partial charge in [-0.1, -0.05) is 0 Å². The molecule has 29 heavy (non-hydrogen) atoms. The van der Waals surface area contributed by atoms with Crippen LogP contribution in [0.4, 0.5) is 22.0 Å². The highest BCUT2D eigenvalue weighted by atomic mass is 16.2. The van der Waals surface area contributed by atoms with Crippen molar-refractivity contribution < 1.29 is 4.79 Å². The van der Waals surface area contributed by atoms with E-state index in [0.717, 1.165) is 53.5 Å². The second kappa shape index (κ2) is 6.84. The monoisotopic (exact) mass is 386 g/mol. The van der Waals surface area contributed by atoms with E-state index in [1.54, 1.807) is 18.5 Å². The van der Waals surface area contributed by atoms with Crippen LogP contribution < -0.4 is 15.1 Å². The van der Waals surface area contributed by atoms with Gasteiger partial charge in [0.15, 0.2) is 5.82 Å². The number of carbonyl (C=O) groups is 1. The molecule has 3 aromatic rings. The van der Waals surface area contributed by atoms with Crippen molar-refractivity contribution in [3.8, 4) is 11.3 Å². The summed E-state index contributed by atoms with van der Waals surface area (Å²) in [5.74, 6) is 0.717. The van der Waals surface area contributed by atoms with Gasteiger partial charge in [0.1, 0.15) is 0 Å². The van der Waals surface area contributed by atoms with Crippen LogP contribution in [0.3, 0.4) is 0 Å². The van der Waals surface area contributed by atoms with Gasteiger partial charge in [0.05, 0.1) is 17.4 Å². The first-order valence-electron chi connectivity index (χ1n) is 9.80. The molecule has 0 saturated carbocycles. The normalized spacial score (nSPS) is 17.2. The lowest BCUT2D eigenvalue weighted by Gasteiger charge is -2.36. The molecule has 146 valence electrons. The molecule has 0 spiro atoms. The predicted molar refractivity (Wildman–Crippen MR) is 113 cm³/mol. The van der Waals surface area contributed by atoms with Gasteiger partial charge in [-0.05, 0) is 56.7 Å². The van der Waals surface area contributed by atoms with E-state index in [0.29, 0.717) is 5.82 Å². The summed E-state index contributed by atoms with van der Waals surface area (Å²) in [5.41, 5.74) is 5.39. The summed E-state index contributed by atoms with van der Waals surface area (Å²) in [5, 5.41) is 3.02. The zero-order valence-electron chi connectivity index (χ0n) is 16.5. The second-order valence-corrected chi connectivity index (χ2v) is 7.60. The highest BCUT2D eigenvalue weighted by molar-refractivity contribution is 6.04. The Kier molecular flexibility index (Phi) is 4.16. The van der Waals surface area contributed by atoms with E-state index in [9.17, 15) is 4.79 Å². The van der Waals surface area contributed by atoms with Crippen LogP contribution in [-0.2, 0) is 0 Å². The van der Waals surface area contributed by atoms with Gasteiger partial charge >= 0.3 is 6.03 Å². The van der Waals surface area contributed by atoms with E-state index >= 15 is 0 Å². The van der Waals surface area contributed by atoms with Crippen molar-refractivity contribution in [3.05, 3.63) is 60.2 Å². The highest BCUT2D eigenvalue weighted by Gasteiger charge is 2.40. The Morgan fingerprint density at radius 2 is 1.86 bits per heavy atom. The molecule has 2 aliphatic heterocycles. The minimum atomic E-state index is -0.154. The summed E-state index contributed by atoms with van der Waals surface area (Å²) < 4.78 is 0. The zero-order valence-corrected chi connectivity index (χ0v) is 16.5. The third kappa shape index (κ3) is 3.18. The van der Waals surface area contributed by atoms with Crippen LogP contribution in [0.1, 0.15) is 17.8 Å². The van der Waals surface area contributed by atoms with Gasteiger partial charge in [0.2, 0.25) is 0 Å². The Bertz CT molecular complexity index is 1100. The molecular formula is C22H22N6O. The van der Waals surface area contributed by atoms with Gasteiger partial charge < -0.3 is 10.2 Å². The summed E-state index contributed by atoms with van der Waals surface area (Å²) >= 11 is 0. The fourth-order valence-corrected chi connectivity index (χ4v) is 4.14. The summed E-state index contributed by atoms with van der Waals surface area (Å²) in [7, 11) is 0. The molecule has 2 bridgehead atoms. The molecule has 2 amide bonds. The van der Waals surface area contributed by atoms with Crippen LogP contribution in [0.15, 0.2) is 48.8 Å². The van der Waals surface area contributed by atoms with E-state index in [1.807, 2.05) is 43.0 Å². The van der Waals surface area contributed by atoms with Crippen molar-refractivity contribution in [2.75, 3.05) is 28.2 Å². The molecule has 5 rings (SSSR count). The maximum absolute atomic E-state index is 13.3. The van der Waals surface area contributed by atoms with E-state index in [-0.39, 0.29) is 12.1 Å². The molecule has 0 unspecified atom stereocenters. The Hall–Kier alpha value is -3.48. The number of nitrogens with one attached hydrogen (secondary N) is 1. The fourth-order valence-electron chi connectivity index (χ4n) is 4.14. The molecule has 7 nitrogen and oxygen atoms in total. The summed E-state index contributed by atoms with van der Waals surface area (Å²) in [4.78, 5) is 30.8. The number of aromatic nitrogens is 3. The number of fused-ring (bicyclic) bond motifs is 4. The van der Waals surface area contributed by atoms with Gasteiger partial charge in [-0.3, -0.25) is 14.9 Å². The summed E-state index contributed by atoms with van der Waals surface area (Å²) in [6, 6.07) is 11.7. The number of aryl methyl sites for hydroxylation is 2. The minimum Gasteiger partial charge on any atom is -0.366 e. The fraction of sp³-hybridized carbons (Fsp3) is 0.273. The summed E-state index contributed by atoms with van der Waals surface area (Å²) in [6.07, 6.45) is 4.42. The van der Waals surface area contributed by atoms with Crippen LogP contribution in [0.5, 0.6) is 0 Å². The third-order valence-electron chi connectivity index (χ3n) is 5.51. The zero-order chi connectivity index (χ0) is 20.0. The second-order valence-electron chi connectivity index (χ2n) is 7.60. The van der Waals surface area contributed by atoms with Crippen molar-refractivity contribution >= 4 is 23.2 Å². The topological polar surface area (TPSA) is 74.2 Å². The number of hydrogen-bond donors (Lipinski definition) is 1. The number of rotatable bonds is 2. The van der Waals surface area contributed by atoms with Crippen molar-refractivity contribution in [2.45, 2.75) is 26.3 Å². The Morgan fingerprint density at radius 3 is 2.66 bits per heavy atom. The van der Waals surface area contributed by atoms with Gasteiger partial charge in [0.25, 0.3) is 0 Å².